The van der Waals surface area contributed by atoms with Crippen LogP contribution in [0.4, 0.5) is 14.0 Å². The normalized spacial score (nSPS) is 18.8. The van der Waals surface area contributed by atoms with Crippen molar-refractivity contribution in [1.82, 2.24) is 40.5 Å². The second-order valence-electron chi connectivity index (χ2n) is 15.1. The highest BCUT2D eigenvalue weighted by atomic mass is 32.2. The molecule has 4 heterocycles. The van der Waals surface area contributed by atoms with E-state index in [1.165, 1.54) is 25.3 Å². The van der Waals surface area contributed by atoms with E-state index in [2.05, 4.69) is 35.7 Å². The Morgan fingerprint density at radius 1 is 0.862 bits per heavy atom. The molecule has 0 radical (unpaired) electrons. The van der Waals surface area contributed by atoms with Crippen LogP contribution < -0.4 is 10.6 Å². The summed E-state index contributed by atoms with van der Waals surface area (Å²) in [5.41, 5.74) is 3.84. The minimum absolute atomic E-state index is 0.134. The van der Waals surface area contributed by atoms with Crippen LogP contribution in [0.1, 0.15) is 70.7 Å². The van der Waals surface area contributed by atoms with Gasteiger partial charge in [-0.3, -0.25) is 9.59 Å². The minimum Gasteiger partial charge on any atom is -0.453 e. The molecule has 1 saturated heterocycles. The Morgan fingerprint density at radius 2 is 1.47 bits per heavy atom. The van der Waals surface area contributed by atoms with Gasteiger partial charge in [-0.15, -0.1) is 0 Å². The van der Waals surface area contributed by atoms with Crippen LogP contribution in [0.15, 0.2) is 60.0 Å². The van der Waals surface area contributed by atoms with Crippen molar-refractivity contribution in [3.05, 3.63) is 72.3 Å². The van der Waals surface area contributed by atoms with E-state index in [0.29, 0.717) is 65.5 Å². The number of rotatable bonds is 13. The van der Waals surface area contributed by atoms with Crippen molar-refractivity contribution in [2.24, 2.45) is 16.9 Å². The largest absolute Gasteiger partial charge is 0.453 e. The topological polar surface area (TPSA) is 187 Å². The van der Waals surface area contributed by atoms with Crippen molar-refractivity contribution in [3.63, 3.8) is 0 Å². The summed E-state index contributed by atoms with van der Waals surface area (Å²) in [4.78, 5) is 68.9. The number of nitrogens with one attached hydrogen (secondary N) is 4. The summed E-state index contributed by atoms with van der Waals surface area (Å²) in [6.07, 6.45) is 7.17. The number of halogens is 1. The maximum atomic E-state index is 15.8. The summed E-state index contributed by atoms with van der Waals surface area (Å²) in [5, 5.41) is 11.1. The van der Waals surface area contributed by atoms with E-state index in [9.17, 15) is 19.2 Å². The lowest BCUT2D eigenvalue weighted by molar-refractivity contribution is -0.136. The molecule has 15 nitrogen and oxygen atoms in total. The molecule has 0 bridgehead atoms. The number of alkyl carbamates (subject to hydrolysis) is 2. The fourth-order valence-electron chi connectivity index (χ4n) is 7.31. The number of thioether (sulfide) groups is 1. The van der Waals surface area contributed by atoms with Gasteiger partial charge in [0, 0.05) is 35.6 Å². The van der Waals surface area contributed by atoms with Gasteiger partial charge in [0.25, 0.3) is 5.91 Å². The zero-order valence-corrected chi connectivity index (χ0v) is 34.4. The molecule has 5 atom stereocenters. The molecule has 2 aliphatic rings. The molecule has 0 spiro atoms. The van der Waals surface area contributed by atoms with Crippen molar-refractivity contribution < 1.29 is 33.0 Å². The van der Waals surface area contributed by atoms with Gasteiger partial charge in [-0.25, -0.2) is 29.0 Å². The summed E-state index contributed by atoms with van der Waals surface area (Å²) in [6.45, 7) is 8.16. The number of hydrogen-bond acceptors (Lipinski definition) is 10. The second kappa shape index (κ2) is 18.3. The van der Waals surface area contributed by atoms with Crippen LogP contribution in [0.25, 0.3) is 33.6 Å². The summed E-state index contributed by atoms with van der Waals surface area (Å²) in [5.74, 6) is 0.118. The van der Waals surface area contributed by atoms with E-state index < -0.39 is 36.1 Å². The highest BCUT2D eigenvalue weighted by molar-refractivity contribution is 7.99. The lowest BCUT2D eigenvalue weighted by atomic mass is 10.0. The number of aromatic amines is 2. The van der Waals surface area contributed by atoms with Crippen LogP contribution in [0.2, 0.25) is 0 Å². The Hall–Kier alpha value is -5.71. The van der Waals surface area contributed by atoms with Gasteiger partial charge in [0.05, 0.1) is 44.0 Å². The zero-order valence-electron chi connectivity index (χ0n) is 33.6. The third kappa shape index (κ3) is 9.19. The van der Waals surface area contributed by atoms with Crippen LogP contribution in [0.3, 0.4) is 0 Å². The van der Waals surface area contributed by atoms with Gasteiger partial charge < -0.3 is 35.0 Å². The Morgan fingerprint density at radius 3 is 2.07 bits per heavy atom. The fraction of sp³-hybridized carbons (Fsp3) is 0.439. The predicted molar refractivity (Wildman–Crippen MR) is 219 cm³/mol. The molecule has 17 heteroatoms. The molecular weight excluding hydrogens is 766 g/mol. The number of aromatic nitrogens is 4. The zero-order chi connectivity index (χ0) is 41.7. The molecule has 4 amide bonds. The summed E-state index contributed by atoms with van der Waals surface area (Å²) in [6, 6.07) is 10.0. The summed E-state index contributed by atoms with van der Waals surface area (Å²) >= 11 is 1.67. The predicted octanol–water partition coefficient (Wildman–Crippen LogP) is 6.69. The quantitative estimate of drug-likeness (QED) is 0.114. The van der Waals surface area contributed by atoms with Gasteiger partial charge in [0.2, 0.25) is 5.91 Å². The number of amides is 4. The highest BCUT2D eigenvalue weighted by Crippen LogP contribution is 2.38. The fourth-order valence-corrected chi connectivity index (χ4v) is 7.99. The minimum atomic E-state index is -0.812. The maximum Gasteiger partial charge on any atom is 0.407 e. The lowest BCUT2D eigenvalue weighted by Crippen LogP contribution is -2.51. The Labute approximate surface area is 340 Å². The highest BCUT2D eigenvalue weighted by Gasteiger charge is 2.41. The van der Waals surface area contributed by atoms with E-state index in [4.69, 9.17) is 9.47 Å². The number of hydrogen-bond donors (Lipinski definition) is 4. The third-order valence-electron chi connectivity index (χ3n) is 10.4. The number of carbonyl (C=O) groups excluding carboxylic acids is 4. The molecule has 4 N–H and O–H groups in total. The van der Waals surface area contributed by atoms with Crippen molar-refractivity contribution in [2.75, 3.05) is 27.0 Å². The molecule has 308 valence electrons. The van der Waals surface area contributed by atoms with Gasteiger partial charge in [0.1, 0.15) is 35.6 Å². The molecule has 2 aromatic carbocycles. The average Bonchev–Trinajstić information content (AvgIpc) is 4.05. The number of benzene rings is 2. The molecule has 0 aliphatic carbocycles. The van der Waals surface area contributed by atoms with E-state index in [1.54, 1.807) is 41.3 Å². The number of hydrazone groups is 1. The van der Waals surface area contributed by atoms with Gasteiger partial charge in [0.15, 0.2) is 0 Å². The first-order valence-corrected chi connectivity index (χ1v) is 20.5. The molecular formula is C41H50FN9O6S. The Bertz CT molecular complexity index is 2140. The molecule has 2 aliphatic heterocycles. The first-order chi connectivity index (χ1) is 27.8. The van der Waals surface area contributed by atoms with Gasteiger partial charge in [-0.05, 0) is 48.1 Å². The molecule has 6 rings (SSSR count). The van der Waals surface area contributed by atoms with Crippen molar-refractivity contribution in [3.8, 4) is 33.6 Å². The van der Waals surface area contributed by atoms with E-state index in [-0.39, 0.29) is 34.9 Å². The summed E-state index contributed by atoms with van der Waals surface area (Å²) in [7, 11) is 2.52. The van der Waals surface area contributed by atoms with Crippen LogP contribution in [-0.2, 0) is 19.1 Å². The second-order valence-corrected chi connectivity index (χ2v) is 16.3. The SMILES string of the molecule is COC(=O)N[C@@H](CC(C)C)C(=O)N1N=CC[C@H]1c1ncc(-c2ccc(-c3ccc(-c4cnc([C@@H]5C[C@H](SC)CN5C(=O)[C@@H](NC(=O)OC)C(C)C)[nH]4)cc3F)cc2)[nH]1. The lowest BCUT2D eigenvalue weighted by Gasteiger charge is -2.30. The number of H-pyrrole nitrogens is 2. The van der Waals surface area contributed by atoms with Crippen LogP contribution in [-0.4, -0.2) is 104 Å². The molecule has 2 aromatic heterocycles. The monoisotopic (exact) mass is 815 g/mol. The third-order valence-corrected chi connectivity index (χ3v) is 11.4. The summed E-state index contributed by atoms with van der Waals surface area (Å²) < 4.78 is 25.3. The van der Waals surface area contributed by atoms with Gasteiger partial charge in [-0.1, -0.05) is 64.1 Å². The van der Waals surface area contributed by atoms with Crippen LogP contribution >= 0.6 is 11.8 Å². The van der Waals surface area contributed by atoms with Crippen molar-refractivity contribution in [2.45, 2.75) is 76.4 Å². The van der Waals surface area contributed by atoms with E-state index >= 15 is 4.39 Å². The Kier molecular flexibility index (Phi) is 13.2. The maximum absolute atomic E-state index is 15.8. The number of ether oxygens (including phenoxy) is 2. The van der Waals surface area contributed by atoms with E-state index in [1.807, 2.05) is 64.3 Å². The number of likely N-dealkylation sites (tertiary alicyclic amines) is 1. The Balaban J connectivity index is 1.15. The molecule has 58 heavy (non-hydrogen) atoms. The number of nitrogens with zero attached hydrogens (tertiary/aromatic N) is 5. The van der Waals surface area contributed by atoms with E-state index in [0.717, 1.165) is 5.56 Å². The average molecular weight is 816 g/mol. The first-order valence-electron chi connectivity index (χ1n) is 19.2. The first kappa shape index (κ1) is 41.9. The standard InChI is InChI=1S/C41H50FN9O6S/c1-22(2)16-30(48-40(54)56-5)38(52)51-33(14-15-45-51)36-43-19-31(46-36)25-10-8-24(9-11-25)28-13-12-26(17-29(28)42)32-20-44-37(47-32)34-18-27(58-7)21-50(34)39(53)35(23(3)4)49-41(55)57-6/h8-13,15,17,19-20,22-23,27,30,33-35H,14,16,18,21H2,1-7H3,(H,43,46)(H,44,47)(H,48,54)(H,49,55)/t27-,30-,33-,34-,35-/m0/s1. The molecule has 4 aromatic rings. The number of imidazole rings is 2. The van der Waals surface area contributed by atoms with Gasteiger partial charge >= 0.3 is 12.2 Å². The number of methoxy groups -OCH3 is 2. The van der Waals surface area contributed by atoms with Gasteiger partial charge in [-0.2, -0.15) is 16.9 Å². The van der Waals surface area contributed by atoms with Crippen molar-refractivity contribution in [1.29, 1.82) is 0 Å². The van der Waals surface area contributed by atoms with Crippen LogP contribution in [0, 0.1) is 17.7 Å². The smallest absolute Gasteiger partial charge is 0.407 e. The van der Waals surface area contributed by atoms with Crippen LogP contribution in [0.5, 0.6) is 0 Å². The molecule has 1 fully saturated rings. The van der Waals surface area contributed by atoms with Crippen molar-refractivity contribution >= 4 is 42.0 Å². The molecule has 0 saturated carbocycles. The number of carbonyl (C=O) groups is 4. The molecule has 0 unspecified atom stereocenters.